The van der Waals surface area contributed by atoms with E-state index in [1.165, 1.54) is 18.7 Å². The largest absolute Gasteiger partial charge is 0.494 e. The first-order valence-electron chi connectivity index (χ1n) is 14.2. The molecule has 1 aliphatic heterocycles. The molecule has 0 spiro atoms. The number of likely N-dealkylation sites (tertiary alicyclic amines) is 1. The quantitative estimate of drug-likeness (QED) is 0.200. The highest BCUT2D eigenvalue weighted by Gasteiger charge is 2.22. The highest BCUT2D eigenvalue weighted by Crippen LogP contribution is 2.33. The van der Waals surface area contributed by atoms with E-state index in [0.717, 1.165) is 30.6 Å². The van der Waals surface area contributed by atoms with Gasteiger partial charge in [0, 0.05) is 47.4 Å². The molecule has 0 unspecified atom stereocenters. The molecule has 0 bridgehead atoms. The van der Waals surface area contributed by atoms with E-state index in [-0.39, 0.29) is 12.5 Å². The van der Waals surface area contributed by atoms with E-state index < -0.39 is 11.6 Å². The highest BCUT2D eigenvalue weighted by atomic mass is 19.1. The van der Waals surface area contributed by atoms with Crippen molar-refractivity contribution in [3.8, 4) is 17.2 Å². The van der Waals surface area contributed by atoms with E-state index in [1.807, 2.05) is 51.2 Å². The number of halogens is 1. The monoisotopic (exact) mass is 581 g/mol. The van der Waals surface area contributed by atoms with Crippen LogP contribution in [0.2, 0.25) is 0 Å². The van der Waals surface area contributed by atoms with Gasteiger partial charge in [-0.25, -0.2) is 23.9 Å². The van der Waals surface area contributed by atoms with E-state index in [2.05, 4.69) is 30.3 Å². The lowest BCUT2D eigenvalue weighted by atomic mass is 10.0. The van der Waals surface area contributed by atoms with Crippen molar-refractivity contribution in [2.75, 3.05) is 25.5 Å². The normalized spacial score (nSPS) is 15.7. The number of ether oxygens (including phenoxy) is 2. The van der Waals surface area contributed by atoms with Gasteiger partial charge in [0.2, 0.25) is 0 Å². The molecule has 0 radical (unpaired) electrons. The number of hydrogen-bond donors (Lipinski definition) is 1. The van der Waals surface area contributed by atoms with Crippen molar-refractivity contribution in [1.82, 2.24) is 29.5 Å². The predicted molar refractivity (Wildman–Crippen MR) is 162 cm³/mol. The number of benzene rings is 2. The SMILES string of the molecule is CCOc1cc2ncnc(Nc3ccc(Oc4ccn5ncnc5c4)c(C)c3)c2cc1CC(=O)/C(F)=C\[C@H]1CCCN1C. The van der Waals surface area contributed by atoms with Crippen molar-refractivity contribution in [2.45, 2.75) is 39.2 Å². The van der Waals surface area contributed by atoms with Crippen LogP contribution in [0.1, 0.15) is 30.9 Å². The van der Waals surface area contributed by atoms with E-state index in [4.69, 9.17) is 9.47 Å². The Morgan fingerprint density at radius 2 is 2.00 bits per heavy atom. The van der Waals surface area contributed by atoms with E-state index in [1.54, 1.807) is 22.8 Å². The lowest BCUT2D eigenvalue weighted by Crippen LogP contribution is -2.23. The zero-order valence-electron chi connectivity index (χ0n) is 24.2. The van der Waals surface area contributed by atoms with Crippen molar-refractivity contribution >= 4 is 33.8 Å². The van der Waals surface area contributed by atoms with Gasteiger partial charge in [-0.2, -0.15) is 5.10 Å². The maximum absolute atomic E-state index is 15.0. The van der Waals surface area contributed by atoms with Crippen LogP contribution in [0.15, 0.2) is 73.2 Å². The van der Waals surface area contributed by atoms with E-state index in [9.17, 15) is 9.18 Å². The lowest BCUT2D eigenvalue weighted by Gasteiger charge is -2.16. The molecule has 1 N–H and O–H groups in total. The van der Waals surface area contributed by atoms with Gasteiger partial charge in [0.1, 0.15) is 35.7 Å². The minimum atomic E-state index is -0.719. The van der Waals surface area contributed by atoms with Crippen molar-refractivity contribution in [2.24, 2.45) is 0 Å². The fourth-order valence-electron chi connectivity index (χ4n) is 5.29. The first kappa shape index (κ1) is 28.2. The average molecular weight is 582 g/mol. The molecule has 10 nitrogen and oxygen atoms in total. The zero-order chi connectivity index (χ0) is 29.9. The molecule has 1 fully saturated rings. The van der Waals surface area contributed by atoms with Gasteiger partial charge in [0.25, 0.3) is 0 Å². The Hall–Kier alpha value is -4.90. The number of likely N-dealkylation sites (N-methyl/N-ethyl adjacent to an activating group) is 1. The minimum Gasteiger partial charge on any atom is -0.494 e. The number of hydrogen-bond acceptors (Lipinski definition) is 9. The molecule has 3 aromatic heterocycles. The predicted octanol–water partition coefficient (Wildman–Crippen LogP) is 5.97. The van der Waals surface area contributed by atoms with Crippen LogP contribution in [0.4, 0.5) is 15.9 Å². The molecule has 1 saturated heterocycles. The summed E-state index contributed by atoms with van der Waals surface area (Å²) in [4.78, 5) is 28.1. The first-order chi connectivity index (χ1) is 20.9. The van der Waals surface area contributed by atoms with Crippen molar-refractivity contribution < 1.29 is 18.7 Å². The number of fused-ring (bicyclic) bond motifs is 2. The third kappa shape index (κ3) is 6.17. The number of aromatic nitrogens is 5. The molecule has 2 aromatic carbocycles. The van der Waals surface area contributed by atoms with Crippen molar-refractivity contribution in [3.05, 3.63) is 84.3 Å². The Balaban J connectivity index is 1.25. The Labute approximate surface area is 248 Å². The summed E-state index contributed by atoms with van der Waals surface area (Å²) in [5, 5.41) is 8.16. The molecule has 0 aliphatic carbocycles. The summed E-state index contributed by atoms with van der Waals surface area (Å²) in [6.07, 6.45) is 7.89. The summed E-state index contributed by atoms with van der Waals surface area (Å²) >= 11 is 0. The number of nitrogens with zero attached hydrogens (tertiary/aromatic N) is 6. The molecule has 1 aliphatic rings. The molecule has 1 atom stereocenters. The van der Waals surface area contributed by atoms with Crippen LogP contribution in [-0.2, 0) is 11.2 Å². The fourth-order valence-corrected chi connectivity index (χ4v) is 5.29. The van der Waals surface area contributed by atoms with Gasteiger partial charge >= 0.3 is 0 Å². The number of carbonyl (C=O) groups excluding carboxylic acids is 1. The summed E-state index contributed by atoms with van der Waals surface area (Å²) in [7, 11) is 1.94. The number of pyridine rings is 1. The number of aryl methyl sites for hydroxylation is 1. The number of allylic oxidation sites excluding steroid dienone is 1. The minimum absolute atomic E-state index is 0.0612. The van der Waals surface area contributed by atoms with Gasteiger partial charge in [-0.3, -0.25) is 9.69 Å². The van der Waals surface area contributed by atoms with Crippen LogP contribution in [0.25, 0.3) is 16.6 Å². The van der Waals surface area contributed by atoms with Crippen molar-refractivity contribution in [1.29, 1.82) is 0 Å². The zero-order valence-corrected chi connectivity index (χ0v) is 24.2. The Kier molecular flexibility index (Phi) is 7.97. The number of rotatable bonds is 10. The topological polar surface area (TPSA) is 107 Å². The van der Waals surface area contributed by atoms with Crippen LogP contribution < -0.4 is 14.8 Å². The maximum Gasteiger partial charge on any atom is 0.195 e. The van der Waals surface area contributed by atoms with Gasteiger partial charge in [0.05, 0.1) is 12.1 Å². The fraction of sp³-hybridized carbons (Fsp3) is 0.281. The van der Waals surface area contributed by atoms with Gasteiger partial charge in [0.15, 0.2) is 17.3 Å². The molecule has 43 heavy (non-hydrogen) atoms. The Morgan fingerprint density at radius 1 is 1.12 bits per heavy atom. The number of Topliss-reactive ketones (excluding diaryl/α,β-unsaturated/α-hetero) is 1. The van der Waals surface area contributed by atoms with Crippen LogP contribution >= 0.6 is 0 Å². The summed E-state index contributed by atoms with van der Waals surface area (Å²) in [6.45, 7) is 5.11. The number of nitrogens with one attached hydrogen (secondary N) is 1. The smallest absolute Gasteiger partial charge is 0.195 e. The summed E-state index contributed by atoms with van der Waals surface area (Å²) in [5.41, 5.74) is 3.60. The first-order valence-corrected chi connectivity index (χ1v) is 14.2. The number of carbonyl (C=O) groups is 1. The molecule has 220 valence electrons. The molecule has 6 rings (SSSR count). The molecular formula is C32H32FN7O3. The Morgan fingerprint density at radius 3 is 2.79 bits per heavy atom. The molecule has 0 amide bonds. The third-order valence-corrected chi connectivity index (χ3v) is 7.57. The van der Waals surface area contributed by atoms with Crippen molar-refractivity contribution in [3.63, 3.8) is 0 Å². The third-order valence-electron chi connectivity index (χ3n) is 7.57. The summed E-state index contributed by atoms with van der Waals surface area (Å²) < 4.78 is 28.5. The second-order valence-electron chi connectivity index (χ2n) is 10.6. The highest BCUT2D eigenvalue weighted by molar-refractivity contribution is 5.97. The number of ketones is 1. The van der Waals surface area contributed by atoms with Gasteiger partial charge < -0.3 is 14.8 Å². The lowest BCUT2D eigenvalue weighted by molar-refractivity contribution is -0.116. The summed E-state index contributed by atoms with van der Waals surface area (Å²) in [5.74, 6) is 1.10. The molecule has 5 aromatic rings. The maximum atomic E-state index is 15.0. The van der Waals surface area contributed by atoms with Crippen LogP contribution in [-0.4, -0.2) is 61.5 Å². The second kappa shape index (κ2) is 12.1. The van der Waals surface area contributed by atoms with Crippen LogP contribution in [0.5, 0.6) is 17.2 Å². The van der Waals surface area contributed by atoms with Gasteiger partial charge in [-0.1, -0.05) is 0 Å². The van der Waals surface area contributed by atoms with Crippen LogP contribution in [0, 0.1) is 6.92 Å². The standard InChI is InChI=1S/C32H32FN7O3/c1-4-42-30-17-27-25(13-21(30)14-28(41)26(33)15-23-6-5-10-39(23)3)32(36-18-34-27)38-22-7-8-29(20(2)12-22)43-24-9-11-40-31(16-24)35-19-37-40/h7-9,11-13,15-19,23H,4-6,10,14H2,1-3H3,(H,34,36,38)/b26-15+/t23-/m1/s1. The second-order valence-corrected chi connectivity index (χ2v) is 10.6. The average Bonchev–Trinajstić information content (AvgIpc) is 3.63. The van der Waals surface area contributed by atoms with Crippen LogP contribution in [0.3, 0.4) is 0 Å². The number of anilines is 2. The molecular weight excluding hydrogens is 549 g/mol. The van der Waals surface area contributed by atoms with Gasteiger partial charge in [-0.15, -0.1) is 0 Å². The van der Waals surface area contributed by atoms with E-state index >= 15 is 0 Å². The Bertz CT molecular complexity index is 1840. The molecule has 11 heteroatoms. The van der Waals surface area contributed by atoms with Gasteiger partial charge in [-0.05, 0) is 82.3 Å². The summed E-state index contributed by atoms with van der Waals surface area (Å²) in [6, 6.07) is 12.9. The molecule has 0 saturated carbocycles. The molecule has 4 heterocycles. The van der Waals surface area contributed by atoms with E-state index in [0.29, 0.717) is 51.8 Å².